The summed E-state index contributed by atoms with van der Waals surface area (Å²) in [6.07, 6.45) is 11.2. The number of rotatable bonds is 2. The molecule has 0 saturated carbocycles. The van der Waals surface area contributed by atoms with Gasteiger partial charge in [0.05, 0.1) is 17.4 Å². The molecule has 22 heavy (non-hydrogen) atoms. The summed E-state index contributed by atoms with van der Waals surface area (Å²) in [6, 6.07) is 3.98. The normalized spacial score (nSPS) is 26.8. The fourth-order valence-electron chi connectivity index (χ4n) is 3.66. The monoisotopic (exact) mass is 294 g/mol. The number of nitrogens with one attached hydrogen (secondary N) is 1. The van der Waals surface area contributed by atoms with Gasteiger partial charge in [-0.15, -0.1) is 6.42 Å². The molecule has 2 unspecified atom stereocenters. The molecule has 2 aromatic rings. The van der Waals surface area contributed by atoms with Crippen LogP contribution in [0.5, 0.6) is 0 Å². The molecule has 2 aromatic heterocycles. The summed E-state index contributed by atoms with van der Waals surface area (Å²) in [4.78, 5) is 19.1. The molecule has 2 aliphatic heterocycles. The fraction of sp³-hybridized carbons (Fsp3) is 0.412. The Bertz CT molecular complexity index is 761. The van der Waals surface area contributed by atoms with E-state index in [9.17, 15) is 4.79 Å². The van der Waals surface area contributed by atoms with Crippen LogP contribution in [0.15, 0.2) is 24.5 Å². The lowest BCUT2D eigenvalue weighted by Gasteiger charge is -2.30. The number of nitrogens with zero attached hydrogens (tertiary/aromatic N) is 3. The van der Waals surface area contributed by atoms with Crippen molar-refractivity contribution in [2.75, 3.05) is 19.6 Å². The van der Waals surface area contributed by atoms with Crippen LogP contribution in [0.3, 0.4) is 0 Å². The highest BCUT2D eigenvalue weighted by atomic mass is 16.2. The van der Waals surface area contributed by atoms with Crippen molar-refractivity contribution in [1.29, 1.82) is 0 Å². The summed E-state index contributed by atoms with van der Waals surface area (Å²) in [6.45, 7) is 3.30. The Hall–Kier alpha value is -2.32. The molecule has 112 valence electrons. The van der Waals surface area contributed by atoms with E-state index in [-0.39, 0.29) is 11.9 Å². The number of piperidine rings is 1. The first-order valence-electron chi connectivity index (χ1n) is 7.70. The maximum Gasteiger partial charge on any atom is 0.271 e. The number of aromatic nitrogens is 2. The highest BCUT2D eigenvalue weighted by Crippen LogP contribution is 2.26. The number of carbonyl (C=O) groups excluding carboxylic acids is 1. The highest BCUT2D eigenvalue weighted by molar-refractivity contribution is 5.92. The third-order valence-corrected chi connectivity index (χ3v) is 4.72. The van der Waals surface area contributed by atoms with E-state index in [1.165, 1.54) is 13.0 Å². The van der Waals surface area contributed by atoms with Crippen LogP contribution in [-0.2, 0) is 0 Å². The Labute approximate surface area is 129 Å². The summed E-state index contributed by atoms with van der Waals surface area (Å²) in [7, 11) is 0. The zero-order valence-corrected chi connectivity index (χ0v) is 12.3. The second-order valence-corrected chi connectivity index (χ2v) is 6.25. The van der Waals surface area contributed by atoms with Crippen molar-refractivity contribution in [1.82, 2.24) is 19.6 Å². The molecular formula is C17H18N4O. The first kappa shape index (κ1) is 13.4. The second kappa shape index (κ2) is 5.15. The summed E-state index contributed by atoms with van der Waals surface area (Å²) in [5.74, 6) is 3.22. The van der Waals surface area contributed by atoms with Crippen molar-refractivity contribution in [3.63, 3.8) is 0 Å². The minimum absolute atomic E-state index is 0.119. The van der Waals surface area contributed by atoms with Gasteiger partial charge in [-0.05, 0) is 37.4 Å². The first-order valence-corrected chi connectivity index (χ1v) is 7.70. The standard InChI is InChI=1S/C17H18N4O/c1-2-14-3-4-15-8-18-16(11-21(14)15)17(22)19-13-7-12-5-6-20(9-12)10-13/h1,3-4,8,11-13H,5-7,9-10H2,(H,19,22)/t12?,13-/m1/s1. The van der Waals surface area contributed by atoms with Gasteiger partial charge in [0.1, 0.15) is 5.69 Å². The third-order valence-electron chi connectivity index (χ3n) is 4.72. The van der Waals surface area contributed by atoms with Crippen LogP contribution in [0.4, 0.5) is 0 Å². The lowest BCUT2D eigenvalue weighted by atomic mass is 9.97. The average molecular weight is 294 g/mol. The predicted molar refractivity (Wildman–Crippen MR) is 83.5 cm³/mol. The van der Waals surface area contributed by atoms with E-state index >= 15 is 0 Å². The smallest absolute Gasteiger partial charge is 0.271 e. The Kier molecular flexibility index (Phi) is 3.12. The van der Waals surface area contributed by atoms with Gasteiger partial charge in [-0.3, -0.25) is 4.79 Å². The molecule has 0 aromatic carbocycles. The molecule has 2 bridgehead atoms. The molecule has 3 atom stereocenters. The van der Waals surface area contributed by atoms with Crippen molar-refractivity contribution in [2.45, 2.75) is 18.9 Å². The van der Waals surface area contributed by atoms with Crippen LogP contribution < -0.4 is 5.32 Å². The van der Waals surface area contributed by atoms with Gasteiger partial charge in [-0.25, -0.2) is 4.98 Å². The summed E-state index contributed by atoms with van der Waals surface area (Å²) in [5, 5.41) is 3.12. The number of terminal acetylenes is 1. The van der Waals surface area contributed by atoms with Crippen LogP contribution >= 0.6 is 0 Å². The minimum Gasteiger partial charge on any atom is -0.347 e. The molecule has 1 amide bonds. The molecule has 0 aliphatic carbocycles. The van der Waals surface area contributed by atoms with Gasteiger partial charge in [0.25, 0.3) is 5.91 Å². The number of fused-ring (bicyclic) bond motifs is 3. The fourth-order valence-corrected chi connectivity index (χ4v) is 3.66. The van der Waals surface area contributed by atoms with Crippen molar-refractivity contribution in [3.05, 3.63) is 35.9 Å². The molecule has 1 N–H and O–H groups in total. The third kappa shape index (κ3) is 2.26. The van der Waals surface area contributed by atoms with Gasteiger partial charge in [0, 0.05) is 25.3 Å². The topological polar surface area (TPSA) is 49.6 Å². The maximum atomic E-state index is 12.5. The predicted octanol–water partition coefficient (Wildman–Crippen LogP) is 1.14. The first-order chi connectivity index (χ1) is 10.7. The molecule has 4 rings (SSSR count). The molecule has 2 fully saturated rings. The van der Waals surface area contributed by atoms with E-state index in [2.05, 4.69) is 21.1 Å². The van der Waals surface area contributed by atoms with E-state index in [1.807, 2.05) is 16.5 Å². The number of amides is 1. The quantitative estimate of drug-likeness (QED) is 0.845. The van der Waals surface area contributed by atoms with Gasteiger partial charge in [-0.2, -0.15) is 0 Å². The molecule has 2 saturated heterocycles. The van der Waals surface area contributed by atoms with Gasteiger partial charge in [0.2, 0.25) is 0 Å². The number of hydrogen-bond acceptors (Lipinski definition) is 3. The minimum atomic E-state index is -0.119. The average Bonchev–Trinajstić information content (AvgIpc) is 3.09. The van der Waals surface area contributed by atoms with E-state index in [1.54, 1.807) is 12.4 Å². The molecule has 5 nitrogen and oxygen atoms in total. The Morgan fingerprint density at radius 2 is 2.32 bits per heavy atom. The Morgan fingerprint density at radius 1 is 1.41 bits per heavy atom. The molecule has 0 spiro atoms. The molecule has 5 heteroatoms. The SMILES string of the molecule is C#Cc1ccc2cnc(C(=O)N[C@@H]3CC4CCN(C4)C3)cn12. The van der Waals surface area contributed by atoms with Crippen LogP contribution in [0.1, 0.15) is 29.0 Å². The zero-order valence-electron chi connectivity index (χ0n) is 12.3. The highest BCUT2D eigenvalue weighted by Gasteiger charge is 2.33. The number of carbonyl (C=O) groups is 1. The van der Waals surface area contributed by atoms with Crippen LogP contribution in [0.25, 0.3) is 5.52 Å². The van der Waals surface area contributed by atoms with Gasteiger partial charge in [0.15, 0.2) is 0 Å². The number of hydrogen-bond donors (Lipinski definition) is 1. The molecular weight excluding hydrogens is 276 g/mol. The van der Waals surface area contributed by atoms with Crippen molar-refractivity contribution >= 4 is 11.4 Å². The zero-order chi connectivity index (χ0) is 15.1. The molecule has 2 aliphatic rings. The summed E-state index contributed by atoms with van der Waals surface area (Å²) >= 11 is 0. The molecule has 0 radical (unpaired) electrons. The summed E-state index contributed by atoms with van der Waals surface area (Å²) < 4.78 is 1.83. The summed E-state index contributed by atoms with van der Waals surface area (Å²) in [5.41, 5.74) is 2.03. The van der Waals surface area contributed by atoms with Gasteiger partial charge >= 0.3 is 0 Å². The van der Waals surface area contributed by atoms with E-state index in [4.69, 9.17) is 6.42 Å². The largest absolute Gasteiger partial charge is 0.347 e. The van der Waals surface area contributed by atoms with Crippen LogP contribution in [0, 0.1) is 18.3 Å². The Balaban J connectivity index is 1.54. The van der Waals surface area contributed by atoms with Crippen molar-refractivity contribution in [3.8, 4) is 12.3 Å². The maximum absolute atomic E-state index is 12.5. The Morgan fingerprint density at radius 3 is 3.14 bits per heavy atom. The van der Waals surface area contributed by atoms with Crippen LogP contribution in [0.2, 0.25) is 0 Å². The molecule has 4 heterocycles. The van der Waals surface area contributed by atoms with Crippen molar-refractivity contribution < 1.29 is 4.79 Å². The van der Waals surface area contributed by atoms with E-state index in [0.29, 0.717) is 5.69 Å². The van der Waals surface area contributed by atoms with E-state index in [0.717, 1.165) is 36.6 Å². The van der Waals surface area contributed by atoms with E-state index < -0.39 is 0 Å². The van der Waals surface area contributed by atoms with Crippen molar-refractivity contribution in [2.24, 2.45) is 5.92 Å². The lowest BCUT2D eigenvalue weighted by molar-refractivity contribution is 0.0904. The van der Waals surface area contributed by atoms with Crippen LogP contribution in [-0.4, -0.2) is 45.9 Å². The lowest BCUT2D eigenvalue weighted by Crippen LogP contribution is -2.47. The second-order valence-electron chi connectivity index (χ2n) is 6.25. The van der Waals surface area contributed by atoms with Gasteiger partial charge < -0.3 is 14.6 Å². The van der Waals surface area contributed by atoms with Gasteiger partial charge in [-0.1, -0.05) is 5.92 Å².